The minimum Gasteiger partial charge on any atom is -0.389 e. The normalized spacial score (nSPS) is 12.2. The van der Waals surface area contributed by atoms with Gasteiger partial charge < -0.3 is 19.3 Å². The molecular formula is C18H25N3O3. The summed E-state index contributed by atoms with van der Waals surface area (Å²) in [5.41, 5.74) is 3.50. The largest absolute Gasteiger partial charge is 0.389 e. The van der Waals surface area contributed by atoms with Crippen LogP contribution in [0.3, 0.4) is 0 Å². The number of aryl methyl sites for hydroxylation is 1. The van der Waals surface area contributed by atoms with Gasteiger partial charge in [0, 0.05) is 38.3 Å². The first kappa shape index (κ1) is 18.2. The highest BCUT2D eigenvalue weighted by Crippen LogP contribution is 2.18. The van der Waals surface area contributed by atoms with Gasteiger partial charge in [0.15, 0.2) is 0 Å². The standard InChI is InChI=1S/C18H25N3O3/c1-13-9-17(18(23)20(3)11-16(22)12-24-4)14(2)21(13)10-15-7-5-6-8-19-15/h5-9,16,22H,10-12H2,1-4H3. The van der Waals surface area contributed by atoms with Gasteiger partial charge in [0.2, 0.25) is 0 Å². The van der Waals surface area contributed by atoms with Crippen LogP contribution in [0.5, 0.6) is 0 Å². The molecule has 0 radical (unpaired) electrons. The lowest BCUT2D eigenvalue weighted by Crippen LogP contribution is -2.36. The van der Waals surface area contributed by atoms with Crippen molar-refractivity contribution in [1.29, 1.82) is 0 Å². The van der Waals surface area contributed by atoms with Gasteiger partial charge in [0.25, 0.3) is 5.91 Å². The summed E-state index contributed by atoms with van der Waals surface area (Å²) in [5, 5.41) is 9.81. The fourth-order valence-corrected chi connectivity index (χ4v) is 2.76. The third-order valence-electron chi connectivity index (χ3n) is 4.04. The maximum Gasteiger partial charge on any atom is 0.255 e. The Balaban J connectivity index is 2.16. The molecule has 0 aliphatic carbocycles. The molecule has 0 bridgehead atoms. The summed E-state index contributed by atoms with van der Waals surface area (Å²) in [6.07, 6.45) is 1.07. The number of carbonyl (C=O) groups excluding carboxylic acids is 1. The van der Waals surface area contributed by atoms with E-state index in [1.165, 1.54) is 12.0 Å². The Kier molecular flexibility index (Phi) is 6.11. The Morgan fingerprint density at radius 1 is 1.42 bits per heavy atom. The Morgan fingerprint density at radius 2 is 2.17 bits per heavy atom. The number of aromatic nitrogens is 2. The van der Waals surface area contributed by atoms with E-state index in [2.05, 4.69) is 9.55 Å². The van der Waals surface area contributed by atoms with Gasteiger partial charge in [-0.15, -0.1) is 0 Å². The SMILES string of the molecule is COCC(O)CN(C)C(=O)c1cc(C)n(Cc2ccccn2)c1C. The fourth-order valence-electron chi connectivity index (χ4n) is 2.76. The van der Waals surface area contributed by atoms with E-state index >= 15 is 0 Å². The van der Waals surface area contributed by atoms with Crippen LogP contribution in [0, 0.1) is 13.8 Å². The van der Waals surface area contributed by atoms with Gasteiger partial charge >= 0.3 is 0 Å². The second kappa shape index (κ2) is 8.08. The van der Waals surface area contributed by atoms with Crippen LogP contribution >= 0.6 is 0 Å². The molecule has 1 amide bonds. The summed E-state index contributed by atoms with van der Waals surface area (Å²) in [6.45, 7) is 4.98. The number of likely N-dealkylation sites (N-methyl/N-ethyl adjacent to an activating group) is 1. The third-order valence-corrected chi connectivity index (χ3v) is 4.04. The summed E-state index contributed by atoms with van der Waals surface area (Å²) < 4.78 is 6.98. The molecule has 0 saturated heterocycles. The number of pyridine rings is 1. The number of hydrogen-bond acceptors (Lipinski definition) is 4. The molecule has 130 valence electrons. The average Bonchev–Trinajstić information content (AvgIpc) is 2.83. The van der Waals surface area contributed by atoms with Crippen molar-refractivity contribution in [2.45, 2.75) is 26.5 Å². The van der Waals surface area contributed by atoms with Crippen molar-refractivity contribution < 1.29 is 14.6 Å². The van der Waals surface area contributed by atoms with Gasteiger partial charge in [-0.1, -0.05) is 6.07 Å². The Labute approximate surface area is 142 Å². The van der Waals surface area contributed by atoms with Crippen LogP contribution in [0.2, 0.25) is 0 Å². The van der Waals surface area contributed by atoms with Gasteiger partial charge in [0.05, 0.1) is 30.5 Å². The second-order valence-corrected chi connectivity index (χ2v) is 5.99. The molecule has 2 heterocycles. The number of carbonyl (C=O) groups is 1. The summed E-state index contributed by atoms with van der Waals surface area (Å²) in [6, 6.07) is 7.69. The zero-order valence-corrected chi connectivity index (χ0v) is 14.7. The monoisotopic (exact) mass is 331 g/mol. The van der Waals surface area contributed by atoms with Crippen molar-refractivity contribution in [1.82, 2.24) is 14.5 Å². The van der Waals surface area contributed by atoms with E-state index in [1.54, 1.807) is 13.2 Å². The van der Waals surface area contributed by atoms with Gasteiger partial charge in [-0.2, -0.15) is 0 Å². The van der Waals surface area contributed by atoms with E-state index in [1.807, 2.05) is 38.1 Å². The van der Waals surface area contributed by atoms with Crippen LogP contribution in [-0.4, -0.2) is 58.9 Å². The number of methoxy groups -OCH3 is 1. The molecular weight excluding hydrogens is 306 g/mol. The number of ether oxygens (including phenoxy) is 1. The highest BCUT2D eigenvalue weighted by molar-refractivity contribution is 5.95. The van der Waals surface area contributed by atoms with Crippen molar-refractivity contribution in [2.75, 3.05) is 27.3 Å². The van der Waals surface area contributed by atoms with Gasteiger partial charge in [-0.3, -0.25) is 9.78 Å². The van der Waals surface area contributed by atoms with E-state index in [4.69, 9.17) is 4.74 Å². The molecule has 0 saturated carbocycles. The van der Waals surface area contributed by atoms with Crippen LogP contribution < -0.4 is 0 Å². The smallest absolute Gasteiger partial charge is 0.255 e. The molecule has 0 aliphatic rings. The molecule has 0 spiro atoms. The summed E-state index contributed by atoms with van der Waals surface area (Å²) in [7, 11) is 3.21. The van der Waals surface area contributed by atoms with Crippen LogP contribution in [0.15, 0.2) is 30.5 Å². The predicted octanol–water partition coefficient (Wildman–Crippen LogP) is 1.63. The number of hydrogen-bond donors (Lipinski definition) is 1. The lowest BCUT2D eigenvalue weighted by molar-refractivity contribution is 0.0380. The summed E-state index contributed by atoms with van der Waals surface area (Å²) >= 11 is 0. The maximum absolute atomic E-state index is 12.7. The van der Waals surface area contributed by atoms with Crippen molar-refractivity contribution in [3.63, 3.8) is 0 Å². The molecule has 2 rings (SSSR count). The lowest BCUT2D eigenvalue weighted by Gasteiger charge is -2.20. The van der Waals surface area contributed by atoms with E-state index in [0.29, 0.717) is 12.1 Å². The van der Waals surface area contributed by atoms with Crippen molar-refractivity contribution >= 4 is 5.91 Å². The number of nitrogens with zero attached hydrogens (tertiary/aromatic N) is 3. The first-order valence-corrected chi connectivity index (χ1v) is 7.93. The van der Waals surface area contributed by atoms with Crippen molar-refractivity contribution in [3.8, 4) is 0 Å². The molecule has 1 N–H and O–H groups in total. The Hall–Kier alpha value is -2.18. The number of rotatable bonds is 7. The third kappa shape index (κ3) is 4.21. The highest BCUT2D eigenvalue weighted by Gasteiger charge is 2.21. The zero-order valence-electron chi connectivity index (χ0n) is 14.7. The summed E-state index contributed by atoms with van der Waals surface area (Å²) in [5.74, 6) is -0.106. The quantitative estimate of drug-likeness (QED) is 0.837. The molecule has 2 aromatic heterocycles. The molecule has 1 unspecified atom stereocenters. The Morgan fingerprint density at radius 3 is 2.79 bits per heavy atom. The van der Waals surface area contributed by atoms with Gasteiger partial charge in [0.1, 0.15) is 0 Å². The van der Waals surface area contributed by atoms with Crippen molar-refractivity contribution in [3.05, 3.63) is 53.1 Å². The van der Waals surface area contributed by atoms with E-state index in [0.717, 1.165) is 17.1 Å². The minimum absolute atomic E-state index is 0.106. The molecule has 0 aromatic carbocycles. The molecule has 1 atom stereocenters. The van der Waals surface area contributed by atoms with E-state index in [-0.39, 0.29) is 19.1 Å². The van der Waals surface area contributed by atoms with Gasteiger partial charge in [-0.05, 0) is 32.0 Å². The topological polar surface area (TPSA) is 67.6 Å². The molecule has 6 heteroatoms. The van der Waals surface area contributed by atoms with Crippen LogP contribution in [-0.2, 0) is 11.3 Å². The minimum atomic E-state index is -0.694. The van der Waals surface area contributed by atoms with Gasteiger partial charge in [-0.25, -0.2) is 0 Å². The zero-order chi connectivity index (χ0) is 17.7. The maximum atomic E-state index is 12.7. The van der Waals surface area contributed by atoms with Crippen LogP contribution in [0.25, 0.3) is 0 Å². The molecule has 2 aromatic rings. The van der Waals surface area contributed by atoms with E-state index < -0.39 is 6.10 Å². The number of amides is 1. The first-order chi connectivity index (χ1) is 11.4. The molecule has 24 heavy (non-hydrogen) atoms. The highest BCUT2D eigenvalue weighted by atomic mass is 16.5. The second-order valence-electron chi connectivity index (χ2n) is 5.99. The first-order valence-electron chi connectivity index (χ1n) is 7.93. The molecule has 0 aliphatic heterocycles. The summed E-state index contributed by atoms with van der Waals surface area (Å²) in [4.78, 5) is 18.5. The van der Waals surface area contributed by atoms with Crippen LogP contribution in [0.4, 0.5) is 0 Å². The fraction of sp³-hybridized carbons (Fsp3) is 0.444. The average molecular weight is 331 g/mol. The van der Waals surface area contributed by atoms with E-state index in [9.17, 15) is 9.90 Å². The Bertz CT molecular complexity index is 682. The molecule has 6 nitrogen and oxygen atoms in total. The predicted molar refractivity (Wildman–Crippen MR) is 92.1 cm³/mol. The number of aliphatic hydroxyl groups is 1. The van der Waals surface area contributed by atoms with Crippen molar-refractivity contribution in [2.24, 2.45) is 0 Å². The molecule has 0 fully saturated rings. The lowest BCUT2D eigenvalue weighted by atomic mass is 10.2. The van der Waals surface area contributed by atoms with Crippen LogP contribution in [0.1, 0.15) is 27.4 Å². The number of aliphatic hydroxyl groups excluding tert-OH is 1.